The maximum absolute atomic E-state index is 12.7. The Hall–Kier alpha value is -3.02. The molecule has 0 aromatic heterocycles. The Labute approximate surface area is 165 Å². The van der Waals surface area contributed by atoms with Gasteiger partial charge in [0.15, 0.2) is 0 Å². The lowest BCUT2D eigenvalue weighted by Crippen LogP contribution is -2.32. The first-order valence-electron chi connectivity index (χ1n) is 9.43. The minimum atomic E-state index is -0.260. The minimum absolute atomic E-state index is 0.105. The quantitative estimate of drug-likeness (QED) is 0.762. The molecule has 1 aliphatic rings. The van der Waals surface area contributed by atoms with Crippen molar-refractivity contribution in [3.05, 3.63) is 59.7 Å². The highest BCUT2D eigenvalue weighted by Gasteiger charge is 2.30. The van der Waals surface area contributed by atoms with Crippen molar-refractivity contribution in [2.45, 2.75) is 12.8 Å². The molecule has 0 saturated carbocycles. The summed E-state index contributed by atoms with van der Waals surface area (Å²) < 4.78 is 10.6. The average molecular weight is 382 g/mol. The third-order valence-corrected chi connectivity index (χ3v) is 5.01. The van der Waals surface area contributed by atoms with Crippen LogP contribution in [0.5, 0.6) is 11.5 Å². The Balaban J connectivity index is 1.54. The third kappa shape index (κ3) is 4.63. The molecule has 2 aromatic rings. The fraction of sp³-hybridized carbons (Fsp3) is 0.364. The van der Waals surface area contributed by atoms with E-state index in [1.165, 1.54) is 19.8 Å². The topological polar surface area (TPSA) is 67.9 Å². The van der Waals surface area contributed by atoms with Crippen molar-refractivity contribution >= 4 is 11.8 Å². The van der Waals surface area contributed by atoms with Crippen molar-refractivity contribution in [2.75, 3.05) is 33.9 Å². The predicted molar refractivity (Wildman–Crippen MR) is 107 cm³/mol. The van der Waals surface area contributed by atoms with Gasteiger partial charge in [0.05, 0.1) is 14.2 Å². The van der Waals surface area contributed by atoms with Gasteiger partial charge in [0.25, 0.3) is 5.91 Å². The molecule has 28 heavy (non-hydrogen) atoms. The molecule has 1 N–H and O–H groups in total. The highest BCUT2D eigenvalue weighted by atomic mass is 16.5. The van der Waals surface area contributed by atoms with Crippen molar-refractivity contribution in [1.82, 2.24) is 10.2 Å². The SMILES string of the molecule is COc1cccc(OC)c1C(=O)NCC1CC(=O)N(CCc2ccccc2)C1. The lowest BCUT2D eigenvalue weighted by atomic mass is 10.1. The molecule has 6 heteroatoms. The van der Waals surface area contributed by atoms with Gasteiger partial charge in [-0.3, -0.25) is 9.59 Å². The van der Waals surface area contributed by atoms with E-state index < -0.39 is 0 Å². The first-order chi connectivity index (χ1) is 13.6. The molecule has 0 spiro atoms. The van der Waals surface area contributed by atoms with Crippen LogP contribution in [-0.2, 0) is 11.2 Å². The van der Waals surface area contributed by atoms with Crippen LogP contribution in [0.25, 0.3) is 0 Å². The summed E-state index contributed by atoms with van der Waals surface area (Å²) in [5, 5.41) is 2.93. The summed E-state index contributed by atoms with van der Waals surface area (Å²) in [6.45, 7) is 1.80. The molecule has 2 aromatic carbocycles. The zero-order chi connectivity index (χ0) is 19.9. The highest BCUT2D eigenvalue weighted by molar-refractivity contribution is 5.99. The number of nitrogens with zero attached hydrogens (tertiary/aromatic N) is 1. The standard InChI is InChI=1S/C22H26N2O4/c1-27-18-9-6-10-19(28-2)21(18)22(26)23-14-17-13-20(25)24(15-17)12-11-16-7-4-3-5-8-16/h3-10,17H,11-15H2,1-2H3,(H,23,26). The van der Waals surface area contributed by atoms with Crippen molar-refractivity contribution in [2.24, 2.45) is 5.92 Å². The number of carbonyl (C=O) groups is 2. The van der Waals surface area contributed by atoms with Crippen LogP contribution in [0.3, 0.4) is 0 Å². The van der Waals surface area contributed by atoms with E-state index in [4.69, 9.17) is 9.47 Å². The molecule has 0 bridgehead atoms. The summed E-state index contributed by atoms with van der Waals surface area (Å²) in [7, 11) is 3.04. The Morgan fingerprint density at radius 3 is 2.39 bits per heavy atom. The molecule has 0 radical (unpaired) electrons. The van der Waals surface area contributed by atoms with Gasteiger partial charge in [-0.15, -0.1) is 0 Å². The smallest absolute Gasteiger partial charge is 0.258 e. The van der Waals surface area contributed by atoms with E-state index >= 15 is 0 Å². The Bertz CT molecular complexity index is 800. The second-order valence-corrected chi connectivity index (χ2v) is 6.89. The molecule has 3 rings (SSSR count). The van der Waals surface area contributed by atoms with Crippen LogP contribution in [0.4, 0.5) is 0 Å². The number of rotatable bonds is 8. The predicted octanol–water partition coefficient (Wildman–Crippen LogP) is 2.52. The number of amides is 2. The van der Waals surface area contributed by atoms with Crippen LogP contribution < -0.4 is 14.8 Å². The maximum atomic E-state index is 12.7. The monoisotopic (exact) mass is 382 g/mol. The lowest BCUT2D eigenvalue weighted by molar-refractivity contribution is -0.127. The minimum Gasteiger partial charge on any atom is -0.496 e. The molecule has 2 amide bonds. The van der Waals surface area contributed by atoms with Gasteiger partial charge in [0.2, 0.25) is 5.91 Å². The Morgan fingerprint density at radius 2 is 1.75 bits per heavy atom. The molecule has 1 heterocycles. The van der Waals surface area contributed by atoms with E-state index in [2.05, 4.69) is 17.4 Å². The molecular formula is C22H26N2O4. The highest BCUT2D eigenvalue weighted by Crippen LogP contribution is 2.28. The molecule has 6 nitrogen and oxygen atoms in total. The molecule has 1 atom stereocenters. The largest absolute Gasteiger partial charge is 0.496 e. The number of methoxy groups -OCH3 is 2. The molecule has 1 unspecified atom stereocenters. The van der Waals surface area contributed by atoms with Gasteiger partial charge in [0.1, 0.15) is 17.1 Å². The molecule has 148 valence electrons. The molecular weight excluding hydrogens is 356 g/mol. The number of likely N-dealkylation sites (tertiary alicyclic amines) is 1. The second-order valence-electron chi connectivity index (χ2n) is 6.89. The summed E-state index contributed by atoms with van der Waals surface area (Å²) >= 11 is 0. The Kier molecular flexibility index (Phi) is 6.53. The fourth-order valence-corrected chi connectivity index (χ4v) is 3.52. The van der Waals surface area contributed by atoms with E-state index in [1.54, 1.807) is 18.2 Å². The van der Waals surface area contributed by atoms with E-state index in [1.807, 2.05) is 23.1 Å². The zero-order valence-electron chi connectivity index (χ0n) is 16.3. The molecule has 0 aliphatic carbocycles. The van der Waals surface area contributed by atoms with Gasteiger partial charge >= 0.3 is 0 Å². The zero-order valence-corrected chi connectivity index (χ0v) is 16.3. The van der Waals surface area contributed by atoms with E-state index in [0.717, 1.165) is 6.42 Å². The van der Waals surface area contributed by atoms with Crippen molar-refractivity contribution in [3.8, 4) is 11.5 Å². The maximum Gasteiger partial charge on any atom is 0.258 e. The number of benzene rings is 2. The Morgan fingerprint density at radius 1 is 1.07 bits per heavy atom. The number of ether oxygens (including phenoxy) is 2. The summed E-state index contributed by atoms with van der Waals surface area (Å²) in [5.74, 6) is 0.912. The molecule has 1 aliphatic heterocycles. The van der Waals surface area contributed by atoms with Crippen molar-refractivity contribution < 1.29 is 19.1 Å². The van der Waals surface area contributed by atoms with Crippen molar-refractivity contribution in [3.63, 3.8) is 0 Å². The summed E-state index contributed by atoms with van der Waals surface area (Å²) in [5.41, 5.74) is 1.59. The van der Waals surface area contributed by atoms with Crippen LogP contribution >= 0.6 is 0 Å². The van der Waals surface area contributed by atoms with Crippen LogP contribution in [0, 0.1) is 5.92 Å². The third-order valence-electron chi connectivity index (χ3n) is 5.01. The first kappa shape index (κ1) is 19.7. The first-order valence-corrected chi connectivity index (χ1v) is 9.43. The van der Waals surface area contributed by atoms with Gasteiger partial charge in [-0.1, -0.05) is 36.4 Å². The number of hydrogen-bond donors (Lipinski definition) is 1. The molecule has 1 fully saturated rings. The van der Waals surface area contributed by atoms with Gasteiger partial charge in [-0.2, -0.15) is 0 Å². The van der Waals surface area contributed by atoms with Crippen LogP contribution in [0.1, 0.15) is 22.3 Å². The summed E-state index contributed by atoms with van der Waals surface area (Å²) in [4.78, 5) is 26.8. The average Bonchev–Trinajstić information content (AvgIpc) is 3.10. The number of hydrogen-bond acceptors (Lipinski definition) is 4. The van der Waals surface area contributed by atoms with Gasteiger partial charge < -0.3 is 19.7 Å². The van der Waals surface area contributed by atoms with Gasteiger partial charge in [0, 0.05) is 32.0 Å². The lowest BCUT2D eigenvalue weighted by Gasteiger charge is -2.17. The molecule has 1 saturated heterocycles. The number of carbonyl (C=O) groups excluding carboxylic acids is 2. The van der Waals surface area contributed by atoms with E-state index in [9.17, 15) is 9.59 Å². The number of nitrogens with one attached hydrogen (secondary N) is 1. The van der Waals surface area contributed by atoms with Crippen LogP contribution in [-0.4, -0.2) is 50.6 Å². The van der Waals surface area contributed by atoms with Gasteiger partial charge in [-0.25, -0.2) is 0 Å². The van der Waals surface area contributed by atoms with Crippen molar-refractivity contribution in [1.29, 1.82) is 0 Å². The van der Waals surface area contributed by atoms with Gasteiger partial charge in [-0.05, 0) is 24.1 Å². The second kappa shape index (κ2) is 9.26. The van der Waals surface area contributed by atoms with Crippen LogP contribution in [0.15, 0.2) is 48.5 Å². The fourth-order valence-electron chi connectivity index (χ4n) is 3.52. The summed E-state index contributed by atoms with van der Waals surface area (Å²) in [6.07, 6.45) is 1.29. The normalized spacial score (nSPS) is 16.1. The van der Waals surface area contributed by atoms with E-state index in [0.29, 0.717) is 43.1 Å². The van der Waals surface area contributed by atoms with Crippen LogP contribution in [0.2, 0.25) is 0 Å². The summed E-state index contributed by atoms with van der Waals surface area (Å²) in [6, 6.07) is 15.4. The van der Waals surface area contributed by atoms with E-state index in [-0.39, 0.29) is 17.7 Å².